The lowest BCUT2D eigenvalue weighted by Gasteiger charge is -2.39. The second kappa shape index (κ2) is 14.2. The van der Waals surface area contributed by atoms with Crippen molar-refractivity contribution in [1.29, 1.82) is 0 Å². The Bertz CT molecular complexity index is 1060. The van der Waals surface area contributed by atoms with E-state index in [-0.39, 0.29) is 17.5 Å². The lowest BCUT2D eigenvalue weighted by molar-refractivity contribution is -0.137. The largest absolute Gasteiger partial charge is 0.493 e. The molecule has 216 valence electrons. The molecule has 2 atom stereocenters. The van der Waals surface area contributed by atoms with Gasteiger partial charge >= 0.3 is 6.18 Å². The van der Waals surface area contributed by atoms with Gasteiger partial charge in [-0.05, 0) is 99.6 Å². The van der Waals surface area contributed by atoms with Crippen molar-refractivity contribution in [1.82, 2.24) is 15.1 Å². The third kappa shape index (κ3) is 8.45. The predicted molar refractivity (Wildman–Crippen MR) is 150 cm³/mol. The molecule has 1 aliphatic heterocycles. The number of amides is 1. The molecule has 5 nitrogen and oxygen atoms in total. The Hall–Kier alpha value is -2.58. The van der Waals surface area contributed by atoms with Crippen LogP contribution >= 0.6 is 0 Å². The van der Waals surface area contributed by atoms with Crippen LogP contribution in [0.5, 0.6) is 5.75 Å². The second-order valence-corrected chi connectivity index (χ2v) is 10.8. The molecule has 39 heavy (non-hydrogen) atoms. The maximum absolute atomic E-state index is 12.9. The fourth-order valence-corrected chi connectivity index (χ4v) is 4.95. The molecule has 0 aromatic heterocycles. The van der Waals surface area contributed by atoms with E-state index in [1.807, 2.05) is 0 Å². The Balaban J connectivity index is 1.48. The molecule has 1 heterocycles. The smallest absolute Gasteiger partial charge is 0.416 e. The van der Waals surface area contributed by atoms with Crippen LogP contribution in [0.25, 0.3) is 0 Å². The zero-order valence-corrected chi connectivity index (χ0v) is 24.0. The van der Waals surface area contributed by atoms with Crippen molar-refractivity contribution < 1.29 is 22.7 Å². The van der Waals surface area contributed by atoms with Crippen molar-refractivity contribution in [3.63, 3.8) is 0 Å². The van der Waals surface area contributed by atoms with Crippen LogP contribution in [-0.2, 0) is 6.18 Å². The van der Waals surface area contributed by atoms with Gasteiger partial charge in [0.15, 0.2) is 0 Å². The zero-order valence-electron chi connectivity index (χ0n) is 24.0. The number of unbranched alkanes of at least 4 members (excludes halogenated alkanes) is 1. The molecule has 1 saturated heterocycles. The molecule has 1 N–H and O–H groups in total. The first kappa shape index (κ1) is 31.0. The average molecular weight is 548 g/mol. The molecule has 0 saturated carbocycles. The van der Waals surface area contributed by atoms with E-state index in [4.69, 9.17) is 4.74 Å². The summed E-state index contributed by atoms with van der Waals surface area (Å²) in [5.74, 6) is 1.42. The first-order chi connectivity index (χ1) is 18.5. The molecule has 1 aliphatic rings. The standard InChI is InChI=1S/C31H44F3N3O2/c1-6-22(2)21-35-15-7-8-20-39-29-14-13-28(23(3)24(29)4)25(5)36-16-18-37(19-17-36)30(38)26-9-11-27(12-10-26)31(32,33)34/h9-14,22,25,35H,6-8,15-21H2,1-5H3. The topological polar surface area (TPSA) is 44.8 Å². The quantitative estimate of drug-likeness (QED) is 0.303. The number of benzene rings is 2. The predicted octanol–water partition coefficient (Wildman–Crippen LogP) is 6.64. The summed E-state index contributed by atoms with van der Waals surface area (Å²) in [6.07, 6.45) is -1.10. The number of nitrogens with zero attached hydrogens (tertiary/aromatic N) is 2. The molecule has 2 aromatic carbocycles. The van der Waals surface area contributed by atoms with Gasteiger partial charge in [-0.25, -0.2) is 0 Å². The van der Waals surface area contributed by atoms with Gasteiger partial charge in [-0.1, -0.05) is 26.3 Å². The summed E-state index contributed by atoms with van der Waals surface area (Å²) in [6.45, 7) is 16.2. The van der Waals surface area contributed by atoms with Crippen LogP contribution in [0.2, 0.25) is 0 Å². The molecule has 2 unspecified atom stereocenters. The Morgan fingerprint density at radius 3 is 2.26 bits per heavy atom. The number of piperazine rings is 1. The van der Waals surface area contributed by atoms with Crippen LogP contribution in [0.1, 0.15) is 78.7 Å². The zero-order chi connectivity index (χ0) is 28.6. The van der Waals surface area contributed by atoms with Crippen molar-refractivity contribution in [3.8, 4) is 5.75 Å². The molecular weight excluding hydrogens is 503 g/mol. The summed E-state index contributed by atoms with van der Waals surface area (Å²) in [5.41, 5.74) is 3.17. The van der Waals surface area contributed by atoms with Crippen molar-refractivity contribution in [2.75, 3.05) is 45.9 Å². The van der Waals surface area contributed by atoms with Crippen LogP contribution in [0.15, 0.2) is 36.4 Å². The number of rotatable bonds is 12. The van der Waals surface area contributed by atoms with Gasteiger partial charge in [-0.15, -0.1) is 0 Å². The minimum atomic E-state index is -4.41. The maximum Gasteiger partial charge on any atom is 0.416 e. The SMILES string of the molecule is CCC(C)CNCCCCOc1ccc(C(C)N2CCN(C(=O)c3ccc(C(F)(F)F)cc3)CC2)c(C)c1C. The third-order valence-electron chi connectivity index (χ3n) is 8.03. The van der Waals surface area contributed by atoms with E-state index in [0.29, 0.717) is 38.7 Å². The fraction of sp³-hybridized carbons (Fsp3) is 0.581. The first-order valence-corrected chi connectivity index (χ1v) is 14.2. The van der Waals surface area contributed by atoms with E-state index in [1.54, 1.807) is 4.90 Å². The highest BCUT2D eigenvalue weighted by Gasteiger charge is 2.31. The van der Waals surface area contributed by atoms with Gasteiger partial charge in [0.25, 0.3) is 5.91 Å². The van der Waals surface area contributed by atoms with E-state index in [0.717, 1.165) is 49.4 Å². The van der Waals surface area contributed by atoms with Gasteiger partial charge in [0.05, 0.1) is 12.2 Å². The second-order valence-electron chi connectivity index (χ2n) is 10.8. The number of carbonyl (C=O) groups excluding carboxylic acids is 1. The molecule has 2 aromatic rings. The third-order valence-corrected chi connectivity index (χ3v) is 8.03. The Kier molecular flexibility index (Phi) is 11.2. The maximum atomic E-state index is 12.9. The van der Waals surface area contributed by atoms with Gasteiger partial charge in [0.2, 0.25) is 0 Å². The molecular formula is C31H44F3N3O2. The number of ether oxygens (including phenoxy) is 1. The first-order valence-electron chi connectivity index (χ1n) is 14.2. The van der Waals surface area contributed by atoms with Crippen molar-refractivity contribution >= 4 is 5.91 Å². The number of halogens is 3. The monoisotopic (exact) mass is 547 g/mol. The van der Waals surface area contributed by atoms with Crippen LogP contribution in [0, 0.1) is 19.8 Å². The van der Waals surface area contributed by atoms with Gasteiger partial charge in [-0.3, -0.25) is 9.69 Å². The summed E-state index contributed by atoms with van der Waals surface area (Å²) < 4.78 is 44.6. The van der Waals surface area contributed by atoms with E-state index >= 15 is 0 Å². The van der Waals surface area contributed by atoms with Crippen molar-refractivity contribution in [2.45, 2.75) is 66.1 Å². The summed E-state index contributed by atoms with van der Waals surface area (Å²) in [7, 11) is 0. The summed E-state index contributed by atoms with van der Waals surface area (Å²) in [4.78, 5) is 16.9. The number of carbonyl (C=O) groups is 1. The van der Waals surface area contributed by atoms with E-state index in [2.05, 4.69) is 57.0 Å². The Labute approximate surface area is 231 Å². The molecule has 8 heteroatoms. The molecule has 0 aliphatic carbocycles. The van der Waals surface area contributed by atoms with E-state index in [1.165, 1.54) is 29.7 Å². The summed E-state index contributed by atoms with van der Waals surface area (Å²) in [5, 5.41) is 3.51. The van der Waals surface area contributed by atoms with E-state index in [9.17, 15) is 18.0 Å². The Morgan fingerprint density at radius 2 is 1.64 bits per heavy atom. The van der Waals surface area contributed by atoms with Crippen molar-refractivity contribution in [2.24, 2.45) is 5.92 Å². The van der Waals surface area contributed by atoms with Gasteiger partial charge in [0, 0.05) is 37.8 Å². The van der Waals surface area contributed by atoms with Gasteiger partial charge < -0.3 is 15.0 Å². The van der Waals surface area contributed by atoms with E-state index < -0.39 is 11.7 Å². The van der Waals surface area contributed by atoms with Crippen LogP contribution in [0.3, 0.4) is 0 Å². The minimum absolute atomic E-state index is 0.178. The van der Waals surface area contributed by atoms with Gasteiger partial charge in [0.1, 0.15) is 5.75 Å². The van der Waals surface area contributed by atoms with Crippen LogP contribution in [0.4, 0.5) is 13.2 Å². The number of alkyl halides is 3. The highest BCUT2D eigenvalue weighted by Crippen LogP contribution is 2.32. The normalized spacial score (nSPS) is 16.3. The molecule has 1 amide bonds. The number of hydrogen-bond donors (Lipinski definition) is 1. The number of hydrogen-bond acceptors (Lipinski definition) is 4. The molecule has 0 bridgehead atoms. The highest BCUT2D eigenvalue weighted by molar-refractivity contribution is 5.94. The fourth-order valence-electron chi connectivity index (χ4n) is 4.95. The molecule has 3 rings (SSSR count). The lowest BCUT2D eigenvalue weighted by atomic mass is 9.96. The summed E-state index contributed by atoms with van der Waals surface area (Å²) in [6, 6.07) is 8.86. The molecule has 0 radical (unpaired) electrons. The molecule has 0 spiro atoms. The summed E-state index contributed by atoms with van der Waals surface area (Å²) >= 11 is 0. The average Bonchev–Trinajstić information content (AvgIpc) is 2.93. The van der Waals surface area contributed by atoms with Crippen LogP contribution in [-0.4, -0.2) is 61.6 Å². The Morgan fingerprint density at radius 1 is 0.974 bits per heavy atom. The minimum Gasteiger partial charge on any atom is -0.493 e. The lowest BCUT2D eigenvalue weighted by Crippen LogP contribution is -2.49. The molecule has 1 fully saturated rings. The highest BCUT2D eigenvalue weighted by atomic mass is 19.4. The van der Waals surface area contributed by atoms with Gasteiger partial charge in [-0.2, -0.15) is 13.2 Å². The number of nitrogens with one attached hydrogen (secondary N) is 1. The van der Waals surface area contributed by atoms with Crippen molar-refractivity contribution in [3.05, 3.63) is 64.2 Å². The van der Waals surface area contributed by atoms with Crippen LogP contribution < -0.4 is 10.1 Å².